The summed E-state index contributed by atoms with van der Waals surface area (Å²) in [5.41, 5.74) is 0. The van der Waals surface area contributed by atoms with Crippen molar-refractivity contribution in [2.75, 3.05) is 13.7 Å². The minimum Gasteiger partial charge on any atom is -0.497 e. The van der Waals surface area contributed by atoms with Gasteiger partial charge in [-0.05, 0) is 86.5 Å². The SMILES string of the molecule is COc1ccc(OCCCC(=O)NC2C3CC4CC(C3)CC2C4)cc1. The molecule has 4 fully saturated rings. The Kier molecular flexibility index (Phi) is 4.87. The number of carbonyl (C=O) groups excluding carboxylic acids is 1. The summed E-state index contributed by atoms with van der Waals surface area (Å²) in [7, 11) is 1.65. The number of rotatable bonds is 7. The van der Waals surface area contributed by atoms with Crippen LogP contribution in [-0.4, -0.2) is 25.7 Å². The second kappa shape index (κ2) is 7.27. The van der Waals surface area contributed by atoms with Gasteiger partial charge in [-0.15, -0.1) is 0 Å². The maximum Gasteiger partial charge on any atom is 0.220 e. The first-order chi connectivity index (χ1) is 12.2. The fraction of sp³-hybridized carbons (Fsp3) is 0.667. The van der Waals surface area contributed by atoms with E-state index >= 15 is 0 Å². The number of hydrogen-bond acceptors (Lipinski definition) is 3. The van der Waals surface area contributed by atoms with E-state index in [9.17, 15) is 4.79 Å². The zero-order valence-electron chi connectivity index (χ0n) is 15.1. The smallest absolute Gasteiger partial charge is 0.220 e. The third-order valence-electron chi connectivity index (χ3n) is 6.43. The van der Waals surface area contributed by atoms with Gasteiger partial charge < -0.3 is 14.8 Å². The number of carbonyl (C=O) groups is 1. The van der Waals surface area contributed by atoms with Crippen LogP contribution in [-0.2, 0) is 4.79 Å². The van der Waals surface area contributed by atoms with Crippen molar-refractivity contribution in [2.24, 2.45) is 23.7 Å². The highest BCUT2D eigenvalue weighted by Gasteiger charge is 2.48. The van der Waals surface area contributed by atoms with Gasteiger partial charge in [0.15, 0.2) is 0 Å². The van der Waals surface area contributed by atoms with E-state index in [4.69, 9.17) is 9.47 Å². The molecule has 4 saturated carbocycles. The van der Waals surface area contributed by atoms with Crippen LogP contribution < -0.4 is 14.8 Å². The summed E-state index contributed by atoms with van der Waals surface area (Å²) in [6, 6.07) is 8.01. The molecule has 4 heteroatoms. The minimum absolute atomic E-state index is 0.204. The predicted octanol–water partition coefficient (Wildman–Crippen LogP) is 3.80. The van der Waals surface area contributed by atoms with Crippen molar-refractivity contribution in [2.45, 2.75) is 51.0 Å². The van der Waals surface area contributed by atoms with Crippen LogP contribution in [0.1, 0.15) is 44.9 Å². The molecule has 0 saturated heterocycles. The summed E-state index contributed by atoms with van der Waals surface area (Å²) in [4.78, 5) is 12.3. The van der Waals surface area contributed by atoms with E-state index in [1.54, 1.807) is 7.11 Å². The van der Waals surface area contributed by atoms with Crippen LogP contribution in [0, 0.1) is 23.7 Å². The molecule has 1 N–H and O–H groups in total. The van der Waals surface area contributed by atoms with Crippen molar-refractivity contribution in [3.05, 3.63) is 24.3 Å². The molecule has 1 aromatic carbocycles. The van der Waals surface area contributed by atoms with Crippen molar-refractivity contribution in [1.82, 2.24) is 5.32 Å². The Morgan fingerprint density at radius 2 is 1.60 bits per heavy atom. The van der Waals surface area contributed by atoms with Crippen LogP contribution in [0.4, 0.5) is 0 Å². The summed E-state index contributed by atoms with van der Waals surface area (Å²) in [5.74, 6) is 5.24. The maximum absolute atomic E-state index is 12.3. The lowest BCUT2D eigenvalue weighted by Gasteiger charge is -2.54. The molecule has 1 amide bonds. The van der Waals surface area contributed by atoms with Gasteiger partial charge in [-0.1, -0.05) is 0 Å². The Morgan fingerprint density at radius 1 is 1.00 bits per heavy atom. The zero-order chi connectivity index (χ0) is 17.2. The first kappa shape index (κ1) is 16.7. The summed E-state index contributed by atoms with van der Waals surface area (Å²) in [6.45, 7) is 0.571. The number of benzene rings is 1. The standard InChI is InChI=1S/C21H29NO3/c1-24-18-4-6-19(7-5-18)25-8-2-3-20(23)22-21-16-10-14-9-15(12-16)13-17(21)11-14/h4-7,14-17,21H,2-3,8-13H2,1H3,(H,22,23). The monoisotopic (exact) mass is 343 g/mol. The highest BCUT2D eigenvalue weighted by molar-refractivity contribution is 5.76. The maximum atomic E-state index is 12.3. The first-order valence-electron chi connectivity index (χ1n) is 9.77. The Labute approximate surface area is 150 Å². The molecule has 0 heterocycles. The van der Waals surface area contributed by atoms with E-state index in [2.05, 4.69) is 5.32 Å². The number of ether oxygens (including phenoxy) is 2. The van der Waals surface area contributed by atoms with E-state index < -0.39 is 0 Å². The summed E-state index contributed by atoms with van der Waals surface area (Å²) in [5, 5.41) is 3.36. The normalized spacial score (nSPS) is 32.4. The largest absolute Gasteiger partial charge is 0.497 e. The van der Waals surface area contributed by atoms with Gasteiger partial charge in [-0.2, -0.15) is 0 Å². The van der Waals surface area contributed by atoms with Crippen molar-refractivity contribution >= 4 is 5.91 Å². The molecule has 0 aliphatic heterocycles. The van der Waals surface area contributed by atoms with Crippen LogP contribution in [0.25, 0.3) is 0 Å². The molecule has 4 nitrogen and oxygen atoms in total. The molecule has 4 bridgehead atoms. The molecule has 4 aliphatic carbocycles. The Bertz CT molecular complexity index is 570. The highest BCUT2D eigenvalue weighted by Crippen LogP contribution is 2.53. The summed E-state index contributed by atoms with van der Waals surface area (Å²) in [6.07, 6.45) is 8.15. The lowest BCUT2D eigenvalue weighted by molar-refractivity contribution is -0.125. The van der Waals surface area contributed by atoms with E-state index in [-0.39, 0.29) is 5.91 Å². The van der Waals surface area contributed by atoms with E-state index in [0.717, 1.165) is 41.6 Å². The number of methoxy groups -OCH3 is 1. The Morgan fingerprint density at radius 3 is 2.20 bits per heavy atom. The van der Waals surface area contributed by atoms with Crippen LogP contribution in [0.15, 0.2) is 24.3 Å². The van der Waals surface area contributed by atoms with Gasteiger partial charge in [0.2, 0.25) is 5.91 Å². The van der Waals surface area contributed by atoms with E-state index in [1.165, 1.54) is 32.1 Å². The molecule has 1 aromatic rings. The molecule has 5 rings (SSSR count). The zero-order valence-corrected chi connectivity index (χ0v) is 15.1. The van der Waals surface area contributed by atoms with Crippen LogP contribution in [0.3, 0.4) is 0 Å². The van der Waals surface area contributed by atoms with Crippen LogP contribution in [0.2, 0.25) is 0 Å². The average Bonchev–Trinajstić information content (AvgIpc) is 2.62. The first-order valence-corrected chi connectivity index (χ1v) is 9.77. The molecule has 0 radical (unpaired) electrons. The highest BCUT2D eigenvalue weighted by atomic mass is 16.5. The molecule has 0 unspecified atom stereocenters. The number of nitrogens with one attached hydrogen (secondary N) is 1. The molecule has 4 aliphatic rings. The van der Waals surface area contributed by atoms with Crippen molar-refractivity contribution in [1.29, 1.82) is 0 Å². The van der Waals surface area contributed by atoms with Crippen molar-refractivity contribution in [3.63, 3.8) is 0 Å². The Balaban J connectivity index is 1.18. The molecular formula is C21H29NO3. The molecule has 25 heavy (non-hydrogen) atoms. The predicted molar refractivity (Wildman–Crippen MR) is 96.7 cm³/mol. The van der Waals surface area contributed by atoms with Gasteiger partial charge in [-0.25, -0.2) is 0 Å². The number of hydrogen-bond donors (Lipinski definition) is 1. The molecule has 0 spiro atoms. The lowest BCUT2D eigenvalue weighted by atomic mass is 9.54. The average molecular weight is 343 g/mol. The van der Waals surface area contributed by atoms with Gasteiger partial charge in [0.1, 0.15) is 11.5 Å². The Hall–Kier alpha value is -1.71. The van der Waals surface area contributed by atoms with Crippen molar-refractivity contribution in [3.8, 4) is 11.5 Å². The summed E-state index contributed by atoms with van der Waals surface area (Å²) >= 11 is 0. The third-order valence-corrected chi connectivity index (χ3v) is 6.43. The van der Waals surface area contributed by atoms with Crippen molar-refractivity contribution < 1.29 is 14.3 Å². The third kappa shape index (κ3) is 3.78. The van der Waals surface area contributed by atoms with Gasteiger partial charge in [0.25, 0.3) is 0 Å². The minimum atomic E-state index is 0.204. The van der Waals surface area contributed by atoms with Gasteiger partial charge in [-0.3, -0.25) is 4.79 Å². The second-order valence-electron chi connectivity index (χ2n) is 8.15. The van der Waals surface area contributed by atoms with Gasteiger partial charge in [0.05, 0.1) is 13.7 Å². The molecule has 0 aromatic heterocycles. The molecule has 136 valence electrons. The van der Waals surface area contributed by atoms with Gasteiger partial charge in [0, 0.05) is 12.5 Å². The van der Waals surface area contributed by atoms with Gasteiger partial charge >= 0.3 is 0 Å². The van der Waals surface area contributed by atoms with Crippen LogP contribution >= 0.6 is 0 Å². The topological polar surface area (TPSA) is 47.6 Å². The quantitative estimate of drug-likeness (QED) is 0.766. The van der Waals surface area contributed by atoms with Crippen LogP contribution in [0.5, 0.6) is 11.5 Å². The van der Waals surface area contributed by atoms with E-state index in [0.29, 0.717) is 19.1 Å². The number of amides is 1. The molecular weight excluding hydrogens is 314 g/mol. The molecule has 0 atom stereocenters. The fourth-order valence-corrected chi connectivity index (χ4v) is 5.51. The van der Waals surface area contributed by atoms with E-state index in [1.807, 2.05) is 24.3 Å². The lowest BCUT2D eigenvalue weighted by Crippen LogP contribution is -2.55. The fourth-order valence-electron chi connectivity index (χ4n) is 5.51. The second-order valence-corrected chi connectivity index (χ2v) is 8.15. The summed E-state index contributed by atoms with van der Waals surface area (Å²) < 4.78 is 10.8.